The summed E-state index contributed by atoms with van der Waals surface area (Å²) >= 11 is 0. The summed E-state index contributed by atoms with van der Waals surface area (Å²) in [6.07, 6.45) is -1.56. The highest BCUT2D eigenvalue weighted by atomic mass is 16.7. The molecular weight excluding hydrogens is 404 g/mol. The van der Waals surface area contributed by atoms with Crippen molar-refractivity contribution in [3.05, 3.63) is 108 Å². The zero-order chi connectivity index (χ0) is 22.0. The molecule has 1 aliphatic rings. The van der Waals surface area contributed by atoms with Crippen molar-refractivity contribution in [2.75, 3.05) is 6.61 Å². The number of benzene rings is 3. The van der Waals surface area contributed by atoms with Gasteiger partial charge in [0, 0.05) is 6.42 Å². The van der Waals surface area contributed by atoms with Crippen LogP contribution in [0.15, 0.2) is 91.0 Å². The van der Waals surface area contributed by atoms with Crippen LogP contribution < -0.4 is 0 Å². The maximum Gasteiger partial charge on any atom is 0.157 e. The first-order valence-corrected chi connectivity index (χ1v) is 11.0. The highest BCUT2D eigenvalue weighted by Gasteiger charge is 2.41. The number of aliphatic hydroxyl groups excluding tert-OH is 1. The summed E-state index contributed by atoms with van der Waals surface area (Å²) in [4.78, 5) is 0. The van der Waals surface area contributed by atoms with Gasteiger partial charge in [-0.15, -0.1) is 0 Å². The van der Waals surface area contributed by atoms with Crippen molar-refractivity contribution in [1.82, 2.24) is 0 Å². The Morgan fingerprint density at radius 1 is 0.750 bits per heavy atom. The number of aliphatic hydroxyl groups is 1. The second kappa shape index (κ2) is 11.9. The first-order chi connectivity index (χ1) is 15.8. The van der Waals surface area contributed by atoms with Crippen LogP contribution in [-0.2, 0) is 38.8 Å². The summed E-state index contributed by atoms with van der Waals surface area (Å²) in [6, 6.07) is 30.0. The van der Waals surface area contributed by atoms with Gasteiger partial charge in [0.15, 0.2) is 6.29 Å². The molecule has 1 fully saturated rings. The van der Waals surface area contributed by atoms with Crippen LogP contribution in [0.4, 0.5) is 0 Å². The highest BCUT2D eigenvalue weighted by Crippen LogP contribution is 2.28. The third-order valence-electron chi connectivity index (χ3n) is 5.49. The van der Waals surface area contributed by atoms with Gasteiger partial charge in [-0.2, -0.15) is 0 Å². The summed E-state index contributed by atoms with van der Waals surface area (Å²) in [7, 11) is 0. The Kier molecular flexibility index (Phi) is 8.42. The Bertz CT molecular complexity index is 903. The van der Waals surface area contributed by atoms with E-state index in [-0.39, 0.29) is 12.2 Å². The first kappa shape index (κ1) is 22.6. The molecule has 168 valence electrons. The summed E-state index contributed by atoms with van der Waals surface area (Å²) in [5.74, 6) is 0. The van der Waals surface area contributed by atoms with Crippen molar-refractivity contribution in [2.24, 2.45) is 0 Å². The van der Waals surface area contributed by atoms with Crippen LogP contribution in [0.2, 0.25) is 0 Å². The van der Waals surface area contributed by atoms with Crippen molar-refractivity contribution >= 4 is 0 Å². The van der Waals surface area contributed by atoms with E-state index in [1.807, 2.05) is 91.0 Å². The molecule has 3 aromatic rings. The zero-order valence-corrected chi connectivity index (χ0v) is 18.1. The lowest BCUT2D eigenvalue weighted by Crippen LogP contribution is -2.41. The molecule has 4 unspecified atom stereocenters. The Morgan fingerprint density at radius 2 is 1.28 bits per heavy atom. The molecule has 0 saturated carbocycles. The van der Waals surface area contributed by atoms with Gasteiger partial charge < -0.3 is 24.1 Å². The fourth-order valence-corrected chi connectivity index (χ4v) is 3.81. The van der Waals surface area contributed by atoms with Gasteiger partial charge in [-0.1, -0.05) is 91.0 Å². The monoisotopic (exact) mass is 434 g/mol. The van der Waals surface area contributed by atoms with Gasteiger partial charge in [-0.25, -0.2) is 0 Å². The van der Waals surface area contributed by atoms with Crippen LogP contribution in [-0.4, -0.2) is 36.3 Å². The van der Waals surface area contributed by atoms with Gasteiger partial charge in [0.05, 0.1) is 32.5 Å². The molecule has 1 aliphatic heterocycles. The van der Waals surface area contributed by atoms with E-state index >= 15 is 0 Å². The molecule has 0 amide bonds. The normalized spacial score (nSPS) is 21.5. The van der Waals surface area contributed by atoms with Gasteiger partial charge in [0.2, 0.25) is 0 Å². The topological polar surface area (TPSA) is 57.2 Å². The molecule has 1 saturated heterocycles. The Balaban J connectivity index is 1.40. The van der Waals surface area contributed by atoms with Crippen molar-refractivity contribution in [3.8, 4) is 0 Å². The molecule has 1 N–H and O–H groups in total. The smallest absolute Gasteiger partial charge is 0.157 e. The van der Waals surface area contributed by atoms with E-state index in [4.69, 9.17) is 18.9 Å². The average Bonchev–Trinajstić information content (AvgIpc) is 3.22. The standard InChI is InChI=1S/C27H30O5/c28-26-16-24(30-18-22-12-6-2-7-13-22)27(32-26)25(31-19-23-14-8-3-9-15-23)20-29-17-21-10-4-1-5-11-21/h1-15,24-28H,16-20H2. The lowest BCUT2D eigenvalue weighted by Gasteiger charge is -2.28. The molecule has 5 nitrogen and oxygen atoms in total. The minimum Gasteiger partial charge on any atom is -0.374 e. The molecule has 0 aromatic heterocycles. The molecular formula is C27H30O5. The van der Waals surface area contributed by atoms with Crippen LogP contribution in [0, 0.1) is 0 Å². The van der Waals surface area contributed by atoms with E-state index < -0.39 is 12.4 Å². The van der Waals surface area contributed by atoms with E-state index in [1.165, 1.54) is 0 Å². The van der Waals surface area contributed by atoms with Crippen LogP contribution in [0.1, 0.15) is 23.1 Å². The van der Waals surface area contributed by atoms with Crippen molar-refractivity contribution in [2.45, 2.75) is 50.8 Å². The number of ether oxygens (including phenoxy) is 4. The van der Waals surface area contributed by atoms with E-state index in [2.05, 4.69) is 0 Å². The number of hydrogen-bond donors (Lipinski definition) is 1. The molecule has 1 heterocycles. The maximum absolute atomic E-state index is 10.2. The van der Waals surface area contributed by atoms with Crippen molar-refractivity contribution < 1.29 is 24.1 Å². The minimum atomic E-state index is -0.877. The molecule has 0 radical (unpaired) electrons. The summed E-state index contributed by atoms with van der Waals surface area (Å²) in [5, 5.41) is 10.2. The molecule has 4 atom stereocenters. The lowest BCUT2D eigenvalue weighted by molar-refractivity contribution is -0.166. The fraction of sp³-hybridized carbons (Fsp3) is 0.333. The molecule has 0 bridgehead atoms. The highest BCUT2D eigenvalue weighted by molar-refractivity contribution is 5.15. The summed E-state index contributed by atoms with van der Waals surface area (Å²) in [6.45, 7) is 1.71. The third-order valence-corrected chi connectivity index (χ3v) is 5.49. The number of hydrogen-bond acceptors (Lipinski definition) is 5. The Morgan fingerprint density at radius 3 is 1.88 bits per heavy atom. The Hall–Kier alpha value is -2.54. The molecule has 0 spiro atoms. The van der Waals surface area contributed by atoms with Crippen LogP contribution in [0.3, 0.4) is 0 Å². The first-order valence-electron chi connectivity index (χ1n) is 11.0. The van der Waals surface area contributed by atoms with Crippen LogP contribution in [0.25, 0.3) is 0 Å². The van der Waals surface area contributed by atoms with Crippen LogP contribution >= 0.6 is 0 Å². The van der Waals surface area contributed by atoms with Gasteiger partial charge in [-0.05, 0) is 16.7 Å². The Labute approximate surface area is 189 Å². The molecule has 3 aromatic carbocycles. The summed E-state index contributed by atoms with van der Waals surface area (Å²) in [5.41, 5.74) is 3.24. The second-order valence-electron chi connectivity index (χ2n) is 7.96. The molecule has 4 rings (SSSR count). The van der Waals surface area contributed by atoms with Crippen molar-refractivity contribution in [1.29, 1.82) is 0 Å². The SMILES string of the molecule is OC1CC(OCc2ccccc2)C(C(COCc2ccccc2)OCc2ccccc2)O1. The second-order valence-corrected chi connectivity index (χ2v) is 7.96. The van der Waals surface area contributed by atoms with E-state index in [0.717, 1.165) is 16.7 Å². The van der Waals surface area contributed by atoms with E-state index in [9.17, 15) is 5.11 Å². The van der Waals surface area contributed by atoms with Gasteiger partial charge in [0.1, 0.15) is 12.2 Å². The quantitative estimate of drug-likeness (QED) is 0.482. The van der Waals surface area contributed by atoms with Gasteiger partial charge >= 0.3 is 0 Å². The zero-order valence-electron chi connectivity index (χ0n) is 18.1. The summed E-state index contributed by atoms with van der Waals surface area (Å²) < 4.78 is 24.2. The maximum atomic E-state index is 10.2. The third kappa shape index (κ3) is 6.73. The molecule has 5 heteroatoms. The minimum absolute atomic E-state index is 0.286. The van der Waals surface area contributed by atoms with Crippen molar-refractivity contribution in [3.63, 3.8) is 0 Å². The van der Waals surface area contributed by atoms with Gasteiger partial charge in [-0.3, -0.25) is 0 Å². The fourth-order valence-electron chi connectivity index (χ4n) is 3.81. The molecule has 0 aliphatic carbocycles. The predicted molar refractivity (Wildman–Crippen MR) is 122 cm³/mol. The average molecular weight is 435 g/mol. The largest absolute Gasteiger partial charge is 0.374 e. The lowest BCUT2D eigenvalue weighted by atomic mass is 10.1. The predicted octanol–water partition coefficient (Wildman–Crippen LogP) is 4.48. The van der Waals surface area contributed by atoms with Crippen LogP contribution in [0.5, 0.6) is 0 Å². The van der Waals surface area contributed by atoms with E-state index in [1.54, 1.807) is 0 Å². The van der Waals surface area contributed by atoms with E-state index in [0.29, 0.717) is 32.8 Å². The molecule has 32 heavy (non-hydrogen) atoms. The van der Waals surface area contributed by atoms with Gasteiger partial charge in [0.25, 0.3) is 0 Å². The number of rotatable bonds is 11.